The van der Waals surface area contributed by atoms with E-state index in [4.69, 9.17) is 10.5 Å². The van der Waals surface area contributed by atoms with E-state index in [2.05, 4.69) is 0 Å². The van der Waals surface area contributed by atoms with Gasteiger partial charge in [0.05, 0.1) is 12.3 Å². The predicted molar refractivity (Wildman–Crippen MR) is 74.2 cm³/mol. The number of ether oxygens (including phenoxy) is 1. The van der Waals surface area contributed by atoms with Crippen LogP contribution in [0.3, 0.4) is 0 Å². The van der Waals surface area contributed by atoms with Gasteiger partial charge in [0, 0.05) is 20.2 Å². The number of benzene rings is 1. The molecule has 0 spiro atoms. The maximum Gasteiger partial charge on any atom is 0.245 e. The molecule has 1 heterocycles. The van der Waals surface area contributed by atoms with Gasteiger partial charge in [-0.05, 0) is 30.9 Å². The van der Waals surface area contributed by atoms with E-state index in [-0.39, 0.29) is 10.8 Å². The van der Waals surface area contributed by atoms with Gasteiger partial charge in [0.2, 0.25) is 10.0 Å². The summed E-state index contributed by atoms with van der Waals surface area (Å²) in [5.74, 6) is 0.262. The first-order valence-electron chi connectivity index (χ1n) is 6.39. The lowest BCUT2D eigenvalue weighted by molar-refractivity contribution is 0.118. The third-order valence-corrected chi connectivity index (χ3v) is 5.36. The number of methoxy groups -OCH3 is 1. The average Bonchev–Trinajstić information content (AvgIpc) is 2.40. The molecule has 0 aromatic heterocycles. The largest absolute Gasteiger partial charge is 0.398 e. The lowest BCUT2D eigenvalue weighted by Crippen LogP contribution is -2.41. The van der Waals surface area contributed by atoms with Crippen LogP contribution < -0.4 is 5.73 Å². The Balaban J connectivity index is 2.22. The summed E-state index contributed by atoms with van der Waals surface area (Å²) >= 11 is 0. The van der Waals surface area contributed by atoms with Crippen molar-refractivity contribution in [2.24, 2.45) is 5.92 Å². The second-order valence-electron chi connectivity index (χ2n) is 4.86. The van der Waals surface area contributed by atoms with Crippen LogP contribution in [0.1, 0.15) is 12.8 Å². The number of rotatable bonds is 4. The van der Waals surface area contributed by atoms with Gasteiger partial charge in [0.15, 0.2) is 0 Å². The number of nitrogens with zero attached hydrogens (tertiary/aromatic N) is 1. The van der Waals surface area contributed by atoms with Crippen molar-refractivity contribution >= 4 is 15.7 Å². The number of hydrogen-bond donors (Lipinski definition) is 1. The SMILES string of the molecule is COCC1CCCN(S(=O)(=O)c2ccccc2N)C1. The first kappa shape index (κ1) is 14.3. The molecule has 0 saturated carbocycles. The fraction of sp³-hybridized carbons (Fsp3) is 0.538. The number of sulfonamides is 1. The summed E-state index contributed by atoms with van der Waals surface area (Å²) in [5, 5.41) is 0. The maximum absolute atomic E-state index is 12.6. The molecule has 106 valence electrons. The van der Waals surface area contributed by atoms with Crippen molar-refractivity contribution in [3.63, 3.8) is 0 Å². The molecule has 0 aliphatic carbocycles. The zero-order valence-electron chi connectivity index (χ0n) is 11.1. The number of piperidine rings is 1. The van der Waals surface area contributed by atoms with E-state index in [1.807, 2.05) is 0 Å². The van der Waals surface area contributed by atoms with Crippen molar-refractivity contribution < 1.29 is 13.2 Å². The molecular weight excluding hydrogens is 264 g/mol. The van der Waals surface area contributed by atoms with Crippen LogP contribution in [0.25, 0.3) is 0 Å². The first-order valence-corrected chi connectivity index (χ1v) is 7.83. The van der Waals surface area contributed by atoms with Crippen LogP contribution in [0.15, 0.2) is 29.2 Å². The van der Waals surface area contributed by atoms with Gasteiger partial charge in [-0.2, -0.15) is 4.31 Å². The van der Waals surface area contributed by atoms with Crippen molar-refractivity contribution in [3.8, 4) is 0 Å². The zero-order chi connectivity index (χ0) is 13.9. The summed E-state index contributed by atoms with van der Waals surface area (Å²) < 4.78 is 31.8. The summed E-state index contributed by atoms with van der Waals surface area (Å²) in [7, 11) is -1.85. The zero-order valence-corrected chi connectivity index (χ0v) is 11.9. The predicted octanol–water partition coefficient (Wildman–Crippen LogP) is 1.32. The van der Waals surface area contributed by atoms with Crippen molar-refractivity contribution in [1.82, 2.24) is 4.31 Å². The molecule has 2 rings (SSSR count). The van der Waals surface area contributed by atoms with Gasteiger partial charge in [0.25, 0.3) is 0 Å². The molecule has 1 aliphatic rings. The topological polar surface area (TPSA) is 72.6 Å². The van der Waals surface area contributed by atoms with Crippen LogP contribution in [-0.2, 0) is 14.8 Å². The highest BCUT2D eigenvalue weighted by Crippen LogP contribution is 2.26. The minimum absolute atomic E-state index is 0.202. The Morgan fingerprint density at radius 2 is 2.16 bits per heavy atom. The van der Waals surface area contributed by atoms with Crippen molar-refractivity contribution in [2.45, 2.75) is 17.7 Å². The van der Waals surface area contributed by atoms with E-state index in [9.17, 15) is 8.42 Å². The number of nitrogen functional groups attached to an aromatic ring is 1. The highest BCUT2D eigenvalue weighted by atomic mass is 32.2. The molecule has 1 aromatic rings. The molecule has 19 heavy (non-hydrogen) atoms. The molecule has 1 atom stereocenters. The van der Waals surface area contributed by atoms with Crippen molar-refractivity contribution in [2.75, 3.05) is 32.5 Å². The van der Waals surface area contributed by atoms with Crippen LogP contribution in [0.2, 0.25) is 0 Å². The first-order chi connectivity index (χ1) is 9.05. The van der Waals surface area contributed by atoms with Crippen LogP contribution in [0, 0.1) is 5.92 Å². The summed E-state index contributed by atoms with van der Waals surface area (Å²) in [6.07, 6.45) is 1.87. The molecule has 1 aromatic carbocycles. The van der Waals surface area contributed by atoms with E-state index >= 15 is 0 Å². The quantitative estimate of drug-likeness (QED) is 0.846. The molecule has 1 saturated heterocycles. The smallest absolute Gasteiger partial charge is 0.245 e. The van der Waals surface area contributed by atoms with Gasteiger partial charge in [0.1, 0.15) is 4.90 Å². The van der Waals surface area contributed by atoms with E-state index in [1.165, 1.54) is 4.31 Å². The fourth-order valence-electron chi connectivity index (χ4n) is 2.47. The standard InChI is InChI=1S/C13H20N2O3S/c1-18-10-11-5-4-8-15(9-11)19(16,17)13-7-3-2-6-12(13)14/h2-3,6-7,11H,4-5,8-10,14H2,1H3. The normalized spacial score (nSPS) is 21.4. The summed E-state index contributed by atoms with van der Waals surface area (Å²) in [5.41, 5.74) is 6.08. The minimum Gasteiger partial charge on any atom is -0.398 e. The molecule has 0 amide bonds. The summed E-state index contributed by atoms with van der Waals surface area (Å²) in [6, 6.07) is 6.60. The van der Waals surface area contributed by atoms with Crippen molar-refractivity contribution in [1.29, 1.82) is 0 Å². The van der Waals surface area contributed by atoms with Gasteiger partial charge >= 0.3 is 0 Å². The second kappa shape index (κ2) is 5.90. The second-order valence-corrected chi connectivity index (χ2v) is 6.77. The molecule has 1 unspecified atom stereocenters. The molecule has 5 nitrogen and oxygen atoms in total. The Morgan fingerprint density at radius 1 is 1.42 bits per heavy atom. The van der Waals surface area contributed by atoms with Crippen LogP contribution >= 0.6 is 0 Å². The van der Waals surface area contributed by atoms with Gasteiger partial charge < -0.3 is 10.5 Å². The lowest BCUT2D eigenvalue weighted by atomic mass is 10.0. The molecule has 0 bridgehead atoms. The van der Waals surface area contributed by atoms with Crippen LogP contribution in [0.4, 0.5) is 5.69 Å². The van der Waals surface area contributed by atoms with Gasteiger partial charge in [-0.15, -0.1) is 0 Å². The Labute approximate surface area is 114 Å². The lowest BCUT2D eigenvalue weighted by Gasteiger charge is -2.31. The van der Waals surface area contributed by atoms with Crippen LogP contribution in [0.5, 0.6) is 0 Å². The molecule has 1 aliphatic heterocycles. The number of para-hydroxylation sites is 1. The molecule has 6 heteroatoms. The Bertz CT molecular complexity index is 528. The Hall–Kier alpha value is -1.11. The third-order valence-electron chi connectivity index (χ3n) is 3.42. The highest BCUT2D eigenvalue weighted by Gasteiger charge is 2.31. The van der Waals surface area contributed by atoms with Gasteiger partial charge in [-0.3, -0.25) is 0 Å². The molecule has 1 fully saturated rings. The fourth-order valence-corrected chi connectivity index (χ4v) is 4.14. The molecule has 2 N–H and O–H groups in total. The molecule has 0 radical (unpaired) electrons. The summed E-state index contributed by atoms with van der Waals surface area (Å²) in [6.45, 7) is 1.65. The monoisotopic (exact) mass is 284 g/mol. The van der Waals surface area contributed by atoms with E-state index in [0.29, 0.717) is 25.4 Å². The molecular formula is C13H20N2O3S. The van der Waals surface area contributed by atoms with E-state index < -0.39 is 10.0 Å². The van der Waals surface area contributed by atoms with Crippen molar-refractivity contribution in [3.05, 3.63) is 24.3 Å². The number of hydrogen-bond acceptors (Lipinski definition) is 4. The van der Waals surface area contributed by atoms with Gasteiger partial charge in [-0.1, -0.05) is 12.1 Å². The van der Waals surface area contributed by atoms with E-state index in [1.54, 1.807) is 31.4 Å². The summed E-state index contributed by atoms with van der Waals surface area (Å²) in [4.78, 5) is 0.202. The minimum atomic E-state index is -3.49. The highest BCUT2D eigenvalue weighted by molar-refractivity contribution is 7.89. The van der Waals surface area contributed by atoms with E-state index in [0.717, 1.165) is 12.8 Å². The Kier molecular flexibility index (Phi) is 4.44. The number of anilines is 1. The maximum atomic E-state index is 12.6. The average molecular weight is 284 g/mol. The Morgan fingerprint density at radius 3 is 2.84 bits per heavy atom. The van der Waals surface area contributed by atoms with Gasteiger partial charge in [-0.25, -0.2) is 8.42 Å². The van der Waals surface area contributed by atoms with Crippen LogP contribution in [-0.4, -0.2) is 39.5 Å². The third kappa shape index (κ3) is 3.08. The number of nitrogens with two attached hydrogens (primary N) is 1.